The van der Waals surface area contributed by atoms with Gasteiger partial charge in [0, 0.05) is 0 Å². The van der Waals surface area contributed by atoms with Crippen LogP contribution in [0.25, 0.3) is 0 Å². The molecule has 1 aliphatic heterocycles. The zero-order valence-corrected chi connectivity index (χ0v) is 11.1. The highest BCUT2D eigenvalue weighted by Crippen LogP contribution is 2.32. The van der Waals surface area contributed by atoms with Gasteiger partial charge < -0.3 is 4.74 Å². The van der Waals surface area contributed by atoms with Gasteiger partial charge in [0.2, 0.25) is 0 Å². The Morgan fingerprint density at radius 1 is 1.21 bits per heavy atom. The summed E-state index contributed by atoms with van der Waals surface area (Å²) in [6.45, 7) is 1.77. The minimum atomic E-state index is -0.742. The van der Waals surface area contributed by atoms with Crippen molar-refractivity contribution in [3.8, 4) is 5.75 Å². The van der Waals surface area contributed by atoms with Crippen molar-refractivity contribution in [1.82, 2.24) is 0 Å². The van der Waals surface area contributed by atoms with Gasteiger partial charge in [-0.1, -0.05) is 18.2 Å². The molecule has 4 heteroatoms. The molecular weight excluding hydrogens is 260 g/mol. The predicted molar refractivity (Wildman–Crippen MR) is 73.0 cm³/mol. The first kappa shape index (κ1) is 12.1. The summed E-state index contributed by atoms with van der Waals surface area (Å²) in [7, 11) is 0. The van der Waals surface area contributed by atoms with Crippen LogP contribution in [0.4, 0.5) is 0 Å². The van der Waals surface area contributed by atoms with Crippen LogP contribution < -0.4 is 4.74 Å². The quantitative estimate of drug-likeness (QED) is 0.623. The Kier molecular flexibility index (Phi) is 2.95. The molecule has 0 amide bonds. The molecule has 0 aliphatic carbocycles. The maximum atomic E-state index is 12.5. The number of fused-ring (bicyclic) bond motifs is 1. The second kappa shape index (κ2) is 4.63. The van der Waals surface area contributed by atoms with Gasteiger partial charge in [-0.05, 0) is 30.5 Å². The lowest BCUT2D eigenvalue weighted by atomic mass is 9.86. The number of rotatable bonds is 2. The van der Waals surface area contributed by atoms with E-state index in [0.717, 1.165) is 0 Å². The molecule has 1 aliphatic rings. The van der Waals surface area contributed by atoms with E-state index >= 15 is 0 Å². The van der Waals surface area contributed by atoms with Crippen molar-refractivity contribution in [2.45, 2.75) is 13.0 Å². The van der Waals surface area contributed by atoms with Gasteiger partial charge in [0.1, 0.15) is 17.8 Å². The first-order valence-corrected chi connectivity index (χ1v) is 6.94. The number of carbonyl (C=O) groups excluding carboxylic acids is 2. The van der Waals surface area contributed by atoms with E-state index in [2.05, 4.69) is 0 Å². The molecule has 0 bridgehead atoms. The highest BCUT2D eigenvalue weighted by Gasteiger charge is 2.40. The van der Waals surface area contributed by atoms with Gasteiger partial charge in [-0.3, -0.25) is 9.59 Å². The molecule has 2 aromatic rings. The van der Waals surface area contributed by atoms with Crippen LogP contribution in [0.5, 0.6) is 5.75 Å². The third kappa shape index (κ3) is 1.98. The molecule has 1 aromatic heterocycles. The van der Waals surface area contributed by atoms with Crippen LogP contribution in [0.1, 0.15) is 27.0 Å². The van der Waals surface area contributed by atoms with Gasteiger partial charge in [0.25, 0.3) is 0 Å². The number of para-hydroxylation sites is 1. The molecule has 3 nitrogen and oxygen atoms in total. The van der Waals surface area contributed by atoms with Crippen molar-refractivity contribution in [2.75, 3.05) is 0 Å². The molecule has 0 fully saturated rings. The number of ketones is 2. The molecule has 0 radical (unpaired) electrons. The van der Waals surface area contributed by atoms with Gasteiger partial charge >= 0.3 is 0 Å². The molecule has 2 heterocycles. The molecule has 19 heavy (non-hydrogen) atoms. The van der Waals surface area contributed by atoms with Crippen LogP contribution >= 0.6 is 11.3 Å². The van der Waals surface area contributed by atoms with Crippen molar-refractivity contribution in [3.05, 3.63) is 52.2 Å². The van der Waals surface area contributed by atoms with Gasteiger partial charge in [-0.25, -0.2) is 0 Å². The lowest BCUT2D eigenvalue weighted by molar-refractivity contribution is 0.0609. The largest absolute Gasteiger partial charge is 0.489 e. The summed E-state index contributed by atoms with van der Waals surface area (Å²) in [5, 5.41) is 1.83. The molecule has 3 rings (SSSR count). The van der Waals surface area contributed by atoms with E-state index < -0.39 is 12.0 Å². The van der Waals surface area contributed by atoms with Gasteiger partial charge in [-0.2, -0.15) is 0 Å². The second-order valence-corrected chi connectivity index (χ2v) is 5.45. The summed E-state index contributed by atoms with van der Waals surface area (Å²) in [6, 6.07) is 10.6. The monoisotopic (exact) mass is 272 g/mol. The van der Waals surface area contributed by atoms with Gasteiger partial charge in [-0.15, -0.1) is 11.3 Å². The van der Waals surface area contributed by atoms with E-state index in [1.807, 2.05) is 17.5 Å². The van der Waals surface area contributed by atoms with Crippen LogP contribution in [-0.2, 0) is 0 Å². The number of Topliss-reactive ketones (excluding diaryl/α,β-unsaturated/α-hetero) is 2. The van der Waals surface area contributed by atoms with E-state index in [0.29, 0.717) is 16.2 Å². The summed E-state index contributed by atoms with van der Waals surface area (Å²) in [6.07, 6.45) is -0.433. The fourth-order valence-corrected chi connectivity index (χ4v) is 3.03. The van der Waals surface area contributed by atoms with Crippen LogP contribution in [-0.4, -0.2) is 17.7 Å². The van der Waals surface area contributed by atoms with Crippen molar-refractivity contribution in [1.29, 1.82) is 0 Å². The number of carbonyl (C=O) groups is 2. The van der Waals surface area contributed by atoms with E-state index in [1.54, 1.807) is 31.2 Å². The van der Waals surface area contributed by atoms with E-state index in [1.165, 1.54) is 11.3 Å². The fraction of sp³-hybridized carbons (Fsp3) is 0.200. The highest BCUT2D eigenvalue weighted by atomic mass is 32.1. The topological polar surface area (TPSA) is 43.4 Å². The number of thiophene rings is 1. The Hall–Kier alpha value is -1.94. The van der Waals surface area contributed by atoms with Crippen molar-refractivity contribution in [2.24, 2.45) is 5.92 Å². The molecule has 0 N–H and O–H groups in total. The zero-order chi connectivity index (χ0) is 13.4. The SMILES string of the molecule is C[C@H]1Oc2ccccc2C(=O)[C@@H]1C(=O)c1cccs1. The van der Waals surface area contributed by atoms with E-state index in [4.69, 9.17) is 4.74 Å². The van der Waals surface area contributed by atoms with Gasteiger partial charge in [0.05, 0.1) is 10.4 Å². The molecule has 0 unspecified atom stereocenters. The van der Waals surface area contributed by atoms with Crippen LogP contribution in [0.15, 0.2) is 41.8 Å². The predicted octanol–water partition coefficient (Wildman–Crippen LogP) is 3.21. The molecule has 0 saturated heterocycles. The first-order chi connectivity index (χ1) is 9.18. The van der Waals surface area contributed by atoms with Crippen LogP contribution in [0.2, 0.25) is 0 Å². The third-order valence-corrected chi connectivity index (χ3v) is 4.15. The third-order valence-electron chi connectivity index (χ3n) is 3.26. The number of hydrogen-bond donors (Lipinski definition) is 0. The normalized spacial score (nSPS) is 21.6. The first-order valence-electron chi connectivity index (χ1n) is 6.06. The number of benzene rings is 1. The maximum Gasteiger partial charge on any atom is 0.187 e. The van der Waals surface area contributed by atoms with Crippen molar-refractivity contribution >= 4 is 22.9 Å². The number of hydrogen-bond acceptors (Lipinski definition) is 4. The van der Waals surface area contributed by atoms with Crippen molar-refractivity contribution in [3.63, 3.8) is 0 Å². The molecule has 0 saturated carbocycles. The molecule has 0 spiro atoms. The van der Waals surface area contributed by atoms with Crippen molar-refractivity contribution < 1.29 is 14.3 Å². The Morgan fingerprint density at radius 2 is 2.00 bits per heavy atom. The minimum Gasteiger partial charge on any atom is -0.489 e. The van der Waals surface area contributed by atoms with E-state index in [9.17, 15) is 9.59 Å². The Morgan fingerprint density at radius 3 is 2.74 bits per heavy atom. The summed E-state index contributed by atoms with van der Waals surface area (Å²) in [5.41, 5.74) is 0.496. The summed E-state index contributed by atoms with van der Waals surface area (Å²) in [5.74, 6) is -0.474. The lowest BCUT2D eigenvalue weighted by Gasteiger charge is -2.28. The second-order valence-electron chi connectivity index (χ2n) is 4.50. The Labute approximate surface area is 114 Å². The summed E-state index contributed by atoms with van der Waals surface area (Å²) in [4.78, 5) is 25.5. The molecule has 96 valence electrons. The minimum absolute atomic E-state index is 0.146. The van der Waals surface area contributed by atoms with E-state index in [-0.39, 0.29) is 11.6 Å². The molecule has 1 aromatic carbocycles. The Balaban J connectivity index is 2.00. The highest BCUT2D eigenvalue weighted by molar-refractivity contribution is 7.12. The lowest BCUT2D eigenvalue weighted by Crippen LogP contribution is -2.40. The maximum absolute atomic E-state index is 12.5. The fourth-order valence-electron chi connectivity index (χ4n) is 2.33. The zero-order valence-electron chi connectivity index (χ0n) is 10.3. The molecule has 2 atom stereocenters. The number of ether oxygens (including phenoxy) is 1. The van der Waals surface area contributed by atoms with Crippen LogP contribution in [0, 0.1) is 5.92 Å². The summed E-state index contributed by atoms with van der Waals surface area (Å²) < 4.78 is 5.70. The average molecular weight is 272 g/mol. The van der Waals surface area contributed by atoms with Gasteiger partial charge in [0.15, 0.2) is 11.6 Å². The Bertz CT molecular complexity index is 631. The standard InChI is InChI=1S/C15H12O3S/c1-9-13(15(17)12-7-4-8-19-12)14(16)10-5-2-3-6-11(10)18-9/h2-9,13H,1H3/t9-,13-/m1/s1. The average Bonchev–Trinajstić information content (AvgIpc) is 2.92. The van der Waals surface area contributed by atoms with Crippen LogP contribution in [0.3, 0.4) is 0 Å². The smallest absolute Gasteiger partial charge is 0.187 e. The summed E-state index contributed by atoms with van der Waals surface area (Å²) >= 11 is 1.35. The molecular formula is C15H12O3S.